The summed E-state index contributed by atoms with van der Waals surface area (Å²) in [5, 5.41) is 0. The smallest absolute Gasteiger partial charge is 0.288 e. The second-order valence-corrected chi connectivity index (χ2v) is 4.37. The molecule has 0 aromatic heterocycles. The van der Waals surface area contributed by atoms with Crippen LogP contribution in [0.4, 0.5) is 13.2 Å². The van der Waals surface area contributed by atoms with E-state index in [9.17, 15) is 18.0 Å². The van der Waals surface area contributed by atoms with Gasteiger partial charge >= 0.3 is 5.92 Å². The molecule has 1 aromatic rings. The highest BCUT2D eigenvalue weighted by molar-refractivity contribution is 14.1. The SMILES string of the molecule is O=C1C=Cc2cc(I)cc(F)c2C1(F)F. The first kappa shape index (κ1) is 10.7. The van der Waals surface area contributed by atoms with Crippen molar-refractivity contribution in [2.45, 2.75) is 5.92 Å². The largest absolute Gasteiger partial charge is 0.337 e. The predicted molar refractivity (Wildman–Crippen MR) is 57.1 cm³/mol. The zero-order valence-electron chi connectivity index (χ0n) is 7.23. The minimum absolute atomic E-state index is 0.0593. The number of rotatable bonds is 0. The number of alkyl halides is 2. The minimum atomic E-state index is -3.75. The molecule has 0 atom stereocenters. The third kappa shape index (κ3) is 1.58. The van der Waals surface area contributed by atoms with Crippen LogP contribution in [0.2, 0.25) is 0 Å². The molecule has 1 aliphatic rings. The van der Waals surface area contributed by atoms with Gasteiger partial charge in [0.15, 0.2) is 0 Å². The standard InChI is InChI=1S/C10H4F3IO/c11-7-4-6(14)3-5-1-2-8(15)10(12,13)9(5)7/h1-4H. The van der Waals surface area contributed by atoms with Crippen molar-refractivity contribution in [3.05, 3.63) is 38.7 Å². The van der Waals surface area contributed by atoms with Crippen molar-refractivity contribution < 1.29 is 18.0 Å². The van der Waals surface area contributed by atoms with Gasteiger partial charge in [-0.1, -0.05) is 6.08 Å². The van der Waals surface area contributed by atoms with Gasteiger partial charge < -0.3 is 0 Å². The topological polar surface area (TPSA) is 17.1 Å². The number of hydrogen-bond acceptors (Lipinski definition) is 1. The maximum Gasteiger partial charge on any atom is 0.337 e. The average molecular weight is 324 g/mol. The summed E-state index contributed by atoms with van der Waals surface area (Å²) in [5.74, 6) is -6.17. The third-order valence-corrected chi connectivity index (χ3v) is 2.75. The van der Waals surface area contributed by atoms with Crippen LogP contribution in [-0.4, -0.2) is 5.78 Å². The van der Waals surface area contributed by atoms with Gasteiger partial charge in [-0.3, -0.25) is 4.79 Å². The van der Waals surface area contributed by atoms with Crippen molar-refractivity contribution in [2.75, 3.05) is 0 Å². The van der Waals surface area contributed by atoms with Crippen LogP contribution < -0.4 is 0 Å². The number of allylic oxidation sites excluding steroid dienone is 1. The first-order valence-electron chi connectivity index (χ1n) is 4.03. The number of ketones is 1. The van der Waals surface area contributed by atoms with E-state index < -0.39 is 23.1 Å². The molecule has 0 fully saturated rings. The van der Waals surface area contributed by atoms with Crippen molar-refractivity contribution in [3.8, 4) is 0 Å². The first-order chi connectivity index (χ1) is 6.93. The highest BCUT2D eigenvalue weighted by atomic mass is 127. The number of fused-ring (bicyclic) bond motifs is 1. The van der Waals surface area contributed by atoms with Crippen molar-refractivity contribution >= 4 is 34.5 Å². The van der Waals surface area contributed by atoms with Crippen molar-refractivity contribution in [1.82, 2.24) is 0 Å². The van der Waals surface area contributed by atoms with E-state index in [0.29, 0.717) is 3.57 Å². The molecule has 0 amide bonds. The van der Waals surface area contributed by atoms with E-state index in [0.717, 1.165) is 12.1 Å². The van der Waals surface area contributed by atoms with Crippen LogP contribution in [0, 0.1) is 9.39 Å². The fourth-order valence-corrected chi connectivity index (χ4v) is 2.06. The molecule has 0 unspecified atom stereocenters. The molecule has 0 spiro atoms. The highest BCUT2D eigenvalue weighted by Gasteiger charge is 2.45. The summed E-state index contributed by atoms with van der Waals surface area (Å²) >= 11 is 1.82. The summed E-state index contributed by atoms with van der Waals surface area (Å²) in [5.41, 5.74) is -0.764. The summed E-state index contributed by atoms with van der Waals surface area (Å²) in [6, 6.07) is 2.40. The second-order valence-electron chi connectivity index (χ2n) is 3.12. The van der Waals surface area contributed by atoms with Gasteiger partial charge in [0, 0.05) is 3.57 Å². The molecule has 0 radical (unpaired) electrons. The van der Waals surface area contributed by atoms with Crippen LogP contribution in [0.15, 0.2) is 18.2 Å². The van der Waals surface area contributed by atoms with Crippen LogP contribution in [-0.2, 0) is 10.7 Å². The summed E-state index contributed by atoms with van der Waals surface area (Å²) in [7, 11) is 0. The van der Waals surface area contributed by atoms with Crippen molar-refractivity contribution in [2.24, 2.45) is 0 Å². The third-order valence-electron chi connectivity index (χ3n) is 2.12. The Hall–Kier alpha value is -0.850. The maximum atomic E-state index is 13.3. The van der Waals surface area contributed by atoms with E-state index in [-0.39, 0.29) is 5.56 Å². The Morgan fingerprint density at radius 3 is 2.53 bits per heavy atom. The number of carbonyl (C=O) groups excluding carboxylic acids is 1. The molecule has 0 saturated heterocycles. The van der Waals surface area contributed by atoms with Crippen LogP contribution in [0.5, 0.6) is 0 Å². The van der Waals surface area contributed by atoms with E-state index in [4.69, 9.17) is 0 Å². The van der Waals surface area contributed by atoms with E-state index >= 15 is 0 Å². The van der Waals surface area contributed by atoms with E-state index in [2.05, 4.69) is 0 Å². The fourth-order valence-electron chi connectivity index (χ4n) is 1.45. The summed E-state index contributed by atoms with van der Waals surface area (Å²) < 4.78 is 40.5. The molecule has 0 N–H and O–H groups in total. The Kier molecular flexibility index (Phi) is 2.37. The summed E-state index contributed by atoms with van der Waals surface area (Å²) in [6.45, 7) is 0. The van der Waals surface area contributed by atoms with E-state index in [1.807, 2.05) is 22.6 Å². The van der Waals surface area contributed by atoms with Crippen LogP contribution in [0.3, 0.4) is 0 Å². The molecule has 1 nitrogen and oxygen atoms in total. The number of hydrogen-bond donors (Lipinski definition) is 0. The number of benzene rings is 1. The zero-order valence-corrected chi connectivity index (χ0v) is 9.39. The molecular formula is C10H4F3IO. The Morgan fingerprint density at radius 1 is 1.20 bits per heavy atom. The maximum absolute atomic E-state index is 13.3. The molecule has 1 aromatic carbocycles. The minimum Gasteiger partial charge on any atom is -0.288 e. The van der Waals surface area contributed by atoms with E-state index in [1.165, 1.54) is 12.1 Å². The van der Waals surface area contributed by atoms with E-state index in [1.54, 1.807) is 0 Å². The Morgan fingerprint density at radius 2 is 1.87 bits per heavy atom. The normalized spacial score (nSPS) is 17.7. The number of halogens is 4. The monoisotopic (exact) mass is 324 g/mol. The van der Waals surface area contributed by atoms with Crippen molar-refractivity contribution in [1.29, 1.82) is 0 Å². The Bertz CT molecular complexity index is 480. The molecule has 0 aliphatic heterocycles. The average Bonchev–Trinajstić information content (AvgIpc) is 2.10. The van der Waals surface area contributed by atoms with Gasteiger partial charge in [0.05, 0.1) is 5.56 Å². The molecule has 78 valence electrons. The lowest BCUT2D eigenvalue weighted by molar-refractivity contribution is -0.139. The lowest BCUT2D eigenvalue weighted by atomic mass is 9.92. The van der Waals surface area contributed by atoms with Gasteiger partial charge in [-0.2, -0.15) is 8.78 Å². The zero-order chi connectivity index (χ0) is 11.2. The molecule has 0 saturated carbocycles. The van der Waals surface area contributed by atoms with Gasteiger partial charge in [-0.25, -0.2) is 4.39 Å². The van der Waals surface area contributed by atoms with Gasteiger partial charge in [-0.15, -0.1) is 0 Å². The van der Waals surface area contributed by atoms with Gasteiger partial charge in [-0.05, 0) is 46.4 Å². The van der Waals surface area contributed by atoms with Crippen LogP contribution >= 0.6 is 22.6 Å². The summed E-state index contributed by atoms with van der Waals surface area (Å²) in [6.07, 6.45) is 1.98. The van der Waals surface area contributed by atoms with Gasteiger partial charge in [0.2, 0.25) is 5.78 Å². The lowest BCUT2D eigenvalue weighted by Crippen LogP contribution is -2.29. The fraction of sp³-hybridized carbons (Fsp3) is 0.100. The lowest BCUT2D eigenvalue weighted by Gasteiger charge is -2.20. The second kappa shape index (κ2) is 3.33. The predicted octanol–water partition coefficient (Wildman–Crippen LogP) is 3.12. The first-order valence-corrected chi connectivity index (χ1v) is 5.10. The molecular weight excluding hydrogens is 320 g/mol. The molecule has 5 heteroatoms. The van der Waals surface area contributed by atoms with Crippen LogP contribution in [0.25, 0.3) is 6.08 Å². The molecule has 2 rings (SSSR count). The van der Waals surface area contributed by atoms with Gasteiger partial charge in [0.1, 0.15) is 5.82 Å². The Labute approximate surface area is 97.1 Å². The van der Waals surface area contributed by atoms with Gasteiger partial charge in [0.25, 0.3) is 0 Å². The molecule has 0 heterocycles. The summed E-state index contributed by atoms with van der Waals surface area (Å²) in [4.78, 5) is 10.9. The number of carbonyl (C=O) groups is 1. The van der Waals surface area contributed by atoms with Crippen molar-refractivity contribution in [3.63, 3.8) is 0 Å². The van der Waals surface area contributed by atoms with Crippen LogP contribution in [0.1, 0.15) is 11.1 Å². The molecule has 1 aliphatic carbocycles. The molecule has 0 bridgehead atoms. The Balaban J connectivity index is 2.77. The quantitative estimate of drug-likeness (QED) is 0.670. The highest BCUT2D eigenvalue weighted by Crippen LogP contribution is 2.38. The molecule has 15 heavy (non-hydrogen) atoms.